The van der Waals surface area contributed by atoms with E-state index < -0.39 is 21.7 Å². The van der Waals surface area contributed by atoms with Crippen LogP contribution in [0.25, 0.3) is 0 Å². The molecule has 0 aromatic carbocycles. The zero-order valence-electron chi connectivity index (χ0n) is 22.3. The lowest BCUT2D eigenvalue weighted by atomic mass is 10.1. The van der Waals surface area contributed by atoms with Crippen LogP contribution in [0.3, 0.4) is 0 Å². The monoisotopic (exact) mass is 592 g/mol. The normalized spacial score (nSPS) is 15.7. The Morgan fingerprint density at radius 3 is 2.00 bits per heavy atom. The fraction of sp³-hybridized carbons (Fsp3) is 0.905. The molecule has 0 spiro atoms. The zero-order valence-corrected chi connectivity index (χ0v) is 24.1. The molecule has 17 heteroatoms. The van der Waals surface area contributed by atoms with Gasteiger partial charge >= 0.3 is 16.1 Å². The number of nitrogens with two attached hydrogens (primary N) is 1. The number of phosphoric ester groups is 1. The van der Waals surface area contributed by atoms with Crippen molar-refractivity contribution in [3.05, 3.63) is 0 Å². The lowest BCUT2D eigenvalue weighted by molar-refractivity contribution is -0.155. The van der Waals surface area contributed by atoms with Gasteiger partial charge in [0.2, 0.25) is 0 Å². The SMILES string of the molecule is COCCCOCC(COCCCOP(=O)(O)OCCCCC(C=N)=NN)(CO[P+](=O)O)OCCCOC. The molecule has 0 fully saturated rings. The first-order chi connectivity index (χ1) is 18.2. The van der Waals surface area contributed by atoms with E-state index in [1.165, 1.54) is 0 Å². The molecule has 0 radical (unpaired) electrons. The number of nitrogens with one attached hydrogen (secondary N) is 1. The standard InChI is InChI=1S/C21H43N3O12P2/c1-29-9-5-11-31-17-21(19-34-37(25)26,33-13-6-10-30-2)18-32-12-7-15-36-38(27,28)35-14-4-3-8-20(16-22)24-23/h16,22H,3-15,17-19,23H2,1-2H3,(H-,25,26,27,28)/p+1. The van der Waals surface area contributed by atoms with Crippen LogP contribution in [-0.4, -0.2) is 108 Å². The van der Waals surface area contributed by atoms with Gasteiger partial charge in [-0.1, -0.05) is 0 Å². The second kappa shape index (κ2) is 23.9. The number of nitrogens with zero attached hydrogens (tertiary/aromatic N) is 1. The van der Waals surface area contributed by atoms with E-state index in [9.17, 15) is 14.0 Å². The number of unbranched alkanes of at least 4 members (excludes halogenated alkanes) is 1. The maximum absolute atomic E-state index is 12.0. The van der Waals surface area contributed by atoms with Crippen molar-refractivity contribution in [2.24, 2.45) is 10.9 Å². The Balaban J connectivity index is 4.58. The highest BCUT2D eigenvalue weighted by atomic mass is 31.2. The Hall–Kier alpha value is -0.930. The van der Waals surface area contributed by atoms with Gasteiger partial charge < -0.3 is 39.8 Å². The van der Waals surface area contributed by atoms with Crippen molar-refractivity contribution in [3.8, 4) is 0 Å². The van der Waals surface area contributed by atoms with Crippen molar-refractivity contribution in [3.63, 3.8) is 0 Å². The summed E-state index contributed by atoms with van der Waals surface area (Å²) in [4.78, 5) is 18.9. The Morgan fingerprint density at radius 1 is 0.921 bits per heavy atom. The van der Waals surface area contributed by atoms with Crippen LogP contribution in [0.1, 0.15) is 38.5 Å². The molecule has 0 aliphatic carbocycles. The smallest absolute Gasteiger partial charge is 0.385 e. The van der Waals surface area contributed by atoms with Gasteiger partial charge in [-0.2, -0.15) is 5.10 Å². The molecule has 0 heterocycles. The predicted octanol–water partition coefficient (Wildman–Crippen LogP) is 2.17. The van der Waals surface area contributed by atoms with Crippen LogP contribution in [-0.2, 0) is 46.4 Å². The van der Waals surface area contributed by atoms with Crippen LogP contribution in [0.4, 0.5) is 0 Å². The van der Waals surface area contributed by atoms with Crippen molar-refractivity contribution in [1.29, 1.82) is 5.41 Å². The van der Waals surface area contributed by atoms with E-state index in [1.54, 1.807) is 14.2 Å². The highest BCUT2D eigenvalue weighted by Crippen LogP contribution is 2.43. The van der Waals surface area contributed by atoms with Gasteiger partial charge in [-0.25, -0.2) is 4.57 Å². The Labute approximate surface area is 225 Å². The molecule has 15 nitrogen and oxygen atoms in total. The van der Waals surface area contributed by atoms with E-state index in [0.29, 0.717) is 57.6 Å². The van der Waals surface area contributed by atoms with Crippen molar-refractivity contribution >= 4 is 28.0 Å². The summed E-state index contributed by atoms with van der Waals surface area (Å²) in [6.07, 6.45) is 4.07. The largest absolute Gasteiger partial charge is 0.694 e. The van der Waals surface area contributed by atoms with E-state index in [2.05, 4.69) is 5.10 Å². The average Bonchev–Trinajstić information content (AvgIpc) is 2.89. The minimum absolute atomic E-state index is 0.000548. The van der Waals surface area contributed by atoms with Gasteiger partial charge in [0.1, 0.15) is 12.2 Å². The van der Waals surface area contributed by atoms with Crippen molar-refractivity contribution in [1.82, 2.24) is 0 Å². The summed E-state index contributed by atoms with van der Waals surface area (Å²) in [5.74, 6) is 5.12. The molecule has 5 N–H and O–H groups in total. The summed E-state index contributed by atoms with van der Waals surface area (Å²) in [6, 6.07) is 0. The molecule has 0 rings (SSSR count). The second-order valence-electron chi connectivity index (χ2n) is 8.05. The fourth-order valence-corrected chi connectivity index (χ4v) is 4.02. The van der Waals surface area contributed by atoms with Gasteiger partial charge in [0.05, 0.1) is 32.1 Å². The van der Waals surface area contributed by atoms with E-state index in [0.717, 1.165) is 6.21 Å². The third-order valence-electron chi connectivity index (χ3n) is 4.81. The molecule has 0 aliphatic rings. The maximum atomic E-state index is 12.0. The molecular formula is C21H44N3O12P2+. The van der Waals surface area contributed by atoms with Gasteiger partial charge in [0, 0.05) is 58.0 Å². The third-order valence-corrected chi connectivity index (χ3v) is 6.18. The molecule has 0 aromatic rings. The molecule has 0 aliphatic heterocycles. The molecule has 224 valence electrons. The highest BCUT2D eigenvalue weighted by molar-refractivity contribution is 7.47. The van der Waals surface area contributed by atoms with Crippen molar-refractivity contribution in [2.75, 3.05) is 80.3 Å². The number of hydrogen-bond donors (Lipinski definition) is 4. The first-order valence-electron chi connectivity index (χ1n) is 12.2. The van der Waals surface area contributed by atoms with Gasteiger partial charge in [0.25, 0.3) is 0 Å². The van der Waals surface area contributed by atoms with Crippen LogP contribution in [0.5, 0.6) is 0 Å². The molecule has 0 saturated heterocycles. The summed E-state index contributed by atoms with van der Waals surface area (Å²) >= 11 is 0. The van der Waals surface area contributed by atoms with Crippen LogP contribution in [0.15, 0.2) is 5.10 Å². The molecule has 38 heavy (non-hydrogen) atoms. The fourth-order valence-electron chi connectivity index (χ4n) is 2.88. The summed E-state index contributed by atoms with van der Waals surface area (Å²) in [5.41, 5.74) is -0.732. The molecule has 0 saturated carbocycles. The van der Waals surface area contributed by atoms with E-state index >= 15 is 0 Å². The first kappa shape index (κ1) is 37.1. The van der Waals surface area contributed by atoms with Crippen LogP contribution >= 0.6 is 16.1 Å². The average molecular weight is 593 g/mol. The summed E-state index contributed by atoms with van der Waals surface area (Å²) in [7, 11) is -3.93. The quantitative estimate of drug-likeness (QED) is 0.0338. The zero-order chi connectivity index (χ0) is 28.5. The van der Waals surface area contributed by atoms with Crippen molar-refractivity contribution in [2.45, 2.75) is 44.1 Å². The number of rotatable bonds is 28. The number of hydrazone groups is 1. The Bertz CT molecular complexity index is 704. The minimum atomic E-state index is -4.22. The van der Waals surface area contributed by atoms with Gasteiger partial charge in [-0.3, -0.25) is 9.05 Å². The Kier molecular flexibility index (Phi) is 23.3. The number of ether oxygens (including phenoxy) is 5. The van der Waals surface area contributed by atoms with E-state index in [1.807, 2.05) is 0 Å². The molecule has 3 unspecified atom stereocenters. The third kappa shape index (κ3) is 21.0. The number of phosphoric acid groups is 1. The van der Waals surface area contributed by atoms with Crippen LogP contribution < -0.4 is 5.84 Å². The first-order valence-corrected chi connectivity index (χ1v) is 14.8. The number of methoxy groups -OCH3 is 2. The van der Waals surface area contributed by atoms with E-state index in [-0.39, 0.29) is 52.7 Å². The lowest BCUT2D eigenvalue weighted by Gasteiger charge is -2.31. The molecule has 3 atom stereocenters. The summed E-state index contributed by atoms with van der Waals surface area (Å²) in [5, 5.41) is 10.5. The molecule has 0 amide bonds. The van der Waals surface area contributed by atoms with Crippen molar-refractivity contribution < 1.29 is 56.2 Å². The molecule has 0 bridgehead atoms. The topological polar surface area (TPSA) is 211 Å². The van der Waals surface area contributed by atoms with Gasteiger partial charge in [0.15, 0.2) is 0 Å². The van der Waals surface area contributed by atoms with Crippen LogP contribution in [0.2, 0.25) is 0 Å². The summed E-state index contributed by atoms with van der Waals surface area (Å²) in [6.45, 7) is 1.46. The van der Waals surface area contributed by atoms with Crippen LogP contribution in [0, 0.1) is 5.41 Å². The minimum Gasteiger partial charge on any atom is -0.385 e. The van der Waals surface area contributed by atoms with Gasteiger partial charge in [-0.15, -0.1) is 9.42 Å². The van der Waals surface area contributed by atoms with E-state index in [4.69, 9.17) is 53.4 Å². The second-order valence-corrected chi connectivity index (χ2v) is 10.2. The molecular weight excluding hydrogens is 548 g/mol. The molecule has 0 aromatic heterocycles. The maximum Gasteiger partial charge on any atom is 0.694 e. The lowest BCUT2D eigenvalue weighted by Crippen LogP contribution is -2.47. The summed E-state index contributed by atoms with van der Waals surface area (Å²) < 4.78 is 65.3. The highest BCUT2D eigenvalue weighted by Gasteiger charge is 2.37. The van der Waals surface area contributed by atoms with Gasteiger partial charge in [-0.05, 0) is 38.5 Å². The number of hydrogen-bond acceptors (Lipinski definition) is 13. The predicted molar refractivity (Wildman–Crippen MR) is 140 cm³/mol. The Morgan fingerprint density at radius 2 is 1.47 bits per heavy atom.